The predicted molar refractivity (Wildman–Crippen MR) is 76.0 cm³/mol. The van der Waals surface area contributed by atoms with E-state index in [0.717, 1.165) is 22.9 Å². The Hall–Kier alpha value is -1.53. The van der Waals surface area contributed by atoms with Crippen molar-refractivity contribution in [1.29, 1.82) is 0 Å². The molecule has 0 aliphatic rings. The van der Waals surface area contributed by atoms with Gasteiger partial charge in [-0.15, -0.1) is 0 Å². The van der Waals surface area contributed by atoms with Gasteiger partial charge >= 0.3 is 6.01 Å². The molecule has 2 heterocycles. The van der Waals surface area contributed by atoms with Crippen molar-refractivity contribution in [1.82, 2.24) is 15.0 Å². The molecule has 6 heteroatoms. The number of hydrogen-bond donors (Lipinski definition) is 1. The van der Waals surface area contributed by atoms with Crippen LogP contribution in [-0.2, 0) is 6.42 Å². The minimum Gasteiger partial charge on any atom is -0.423 e. The van der Waals surface area contributed by atoms with Crippen molar-refractivity contribution in [3.63, 3.8) is 0 Å². The number of nitrogens with zero attached hydrogens (tertiary/aromatic N) is 3. The Balaban J connectivity index is 2.02. The fourth-order valence-electron chi connectivity index (χ4n) is 1.50. The highest BCUT2D eigenvalue weighted by Crippen LogP contribution is 2.20. The number of ether oxygens (including phenoxy) is 1. The average molecular weight is 323 g/mol. The van der Waals surface area contributed by atoms with Gasteiger partial charge in [-0.05, 0) is 40.4 Å². The Kier molecular flexibility index (Phi) is 4.81. The highest BCUT2D eigenvalue weighted by molar-refractivity contribution is 9.10. The van der Waals surface area contributed by atoms with E-state index in [2.05, 4.69) is 37.8 Å². The molecule has 100 valence electrons. The molecule has 0 saturated carbocycles. The molecule has 1 unspecified atom stereocenters. The lowest BCUT2D eigenvalue weighted by atomic mass is 10.1. The van der Waals surface area contributed by atoms with E-state index in [1.165, 1.54) is 0 Å². The second-order valence-corrected chi connectivity index (χ2v) is 5.10. The van der Waals surface area contributed by atoms with Crippen LogP contribution in [0.3, 0.4) is 0 Å². The minimum absolute atomic E-state index is 0.143. The second kappa shape index (κ2) is 6.58. The van der Waals surface area contributed by atoms with E-state index < -0.39 is 0 Å². The number of pyridine rings is 1. The Bertz CT molecular complexity index is 532. The number of halogens is 1. The molecule has 0 aromatic carbocycles. The van der Waals surface area contributed by atoms with Crippen LogP contribution in [-0.4, -0.2) is 21.0 Å². The van der Waals surface area contributed by atoms with Crippen LogP contribution < -0.4 is 10.5 Å². The summed E-state index contributed by atoms with van der Waals surface area (Å²) in [5, 5.41) is 0. The molecule has 0 aliphatic heterocycles. The van der Waals surface area contributed by atoms with Gasteiger partial charge in [-0.3, -0.25) is 4.98 Å². The molecule has 5 nitrogen and oxygen atoms in total. The van der Waals surface area contributed by atoms with Crippen LogP contribution in [0.5, 0.6) is 11.8 Å². The largest absolute Gasteiger partial charge is 0.423 e. The molecule has 0 saturated heterocycles. The molecular formula is C13H15BrN4O. The lowest BCUT2D eigenvalue weighted by molar-refractivity contribution is 0.438. The maximum Gasteiger partial charge on any atom is 0.321 e. The van der Waals surface area contributed by atoms with Crippen molar-refractivity contribution >= 4 is 15.9 Å². The Morgan fingerprint density at radius 3 is 2.63 bits per heavy atom. The van der Waals surface area contributed by atoms with E-state index in [9.17, 15) is 0 Å². The summed E-state index contributed by atoms with van der Waals surface area (Å²) >= 11 is 3.32. The van der Waals surface area contributed by atoms with E-state index in [4.69, 9.17) is 10.5 Å². The molecule has 0 spiro atoms. The maximum atomic E-state index is 5.88. The zero-order valence-corrected chi connectivity index (χ0v) is 12.2. The quantitative estimate of drug-likeness (QED) is 0.916. The molecule has 0 bridgehead atoms. The van der Waals surface area contributed by atoms with Crippen molar-refractivity contribution in [2.45, 2.75) is 25.8 Å². The summed E-state index contributed by atoms with van der Waals surface area (Å²) in [6.45, 7) is 2.06. The van der Waals surface area contributed by atoms with Crippen LogP contribution in [0.4, 0.5) is 0 Å². The van der Waals surface area contributed by atoms with Crippen molar-refractivity contribution in [2.75, 3.05) is 0 Å². The van der Waals surface area contributed by atoms with E-state index >= 15 is 0 Å². The number of hydrogen-bond acceptors (Lipinski definition) is 5. The standard InChI is InChI=1S/C13H15BrN4O/c1-2-11(15)3-9-5-17-13(18-6-9)19-12-4-10(14)7-16-8-12/h4-8,11H,2-3,15H2,1H3. The van der Waals surface area contributed by atoms with Gasteiger partial charge in [-0.1, -0.05) is 6.92 Å². The SMILES string of the molecule is CCC(N)Cc1cnc(Oc2cncc(Br)c2)nc1. The summed E-state index contributed by atoms with van der Waals surface area (Å²) in [5.41, 5.74) is 6.89. The molecule has 0 fully saturated rings. The summed E-state index contributed by atoms with van der Waals surface area (Å²) in [6.07, 6.45) is 8.47. The predicted octanol–water partition coefficient (Wildman–Crippen LogP) is 2.71. The summed E-state index contributed by atoms with van der Waals surface area (Å²) in [6, 6.07) is 2.25. The topological polar surface area (TPSA) is 73.9 Å². The zero-order valence-electron chi connectivity index (χ0n) is 10.6. The molecule has 0 aliphatic carbocycles. The molecule has 19 heavy (non-hydrogen) atoms. The van der Waals surface area contributed by atoms with Gasteiger partial charge in [0.1, 0.15) is 0 Å². The molecule has 0 radical (unpaired) electrons. The van der Waals surface area contributed by atoms with Crippen molar-refractivity contribution < 1.29 is 4.74 Å². The summed E-state index contributed by atoms with van der Waals surface area (Å²) < 4.78 is 6.34. The summed E-state index contributed by atoms with van der Waals surface area (Å²) in [7, 11) is 0. The van der Waals surface area contributed by atoms with Crippen LogP contribution in [0.15, 0.2) is 35.3 Å². The van der Waals surface area contributed by atoms with E-state index in [1.807, 2.05) is 0 Å². The van der Waals surface area contributed by atoms with Crippen LogP contribution in [0.25, 0.3) is 0 Å². The van der Waals surface area contributed by atoms with Gasteiger partial charge in [0, 0.05) is 29.1 Å². The number of rotatable bonds is 5. The molecular weight excluding hydrogens is 308 g/mol. The molecule has 2 N–H and O–H groups in total. The second-order valence-electron chi connectivity index (χ2n) is 4.19. The third kappa shape index (κ3) is 4.25. The first kappa shape index (κ1) is 13.9. The third-order valence-corrected chi connectivity index (χ3v) is 3.03. The first-order chi connectivity index (χ1) is 9.17. The highest BCUT2D eigenvalue weighted by Gasteiger charge is 2.05. The van der Waals surface area contributed by atoms with Crippen molar-refractivity contribution in [2.24, 2.45) is 5.73 Å². The zero-order chi connectivity index (χ0) is 13.7. The van der Waals surface area contributed by atoms with E-state index in [0.29, 0.717) is 11.8 Å². The highest BCUT2D eigenvalue weighted by atomic mass is 79.9. The monoisotopic (exact) mass is 322 g/mol. The van der Waals surface area contributed by atoms with Crippen LogP contribution in [0.2, 0.25) is 0 Å². The third-order valence-electron chi connectivity index (χ3n) is 2.59. The average Bonchev–Trinajstić information content (AvgIpc) is 2.41. The van der Waals surface area contributed by atoms with Crippen LogP contribution >= 0.6 is 15.9 Å². The maximum absolute atomic E-state index is 5.88. The van der Waals surface area contributed by atoms with Gasteiger partial charge < -0.3 is 10.5 Å². The first-order valence-corrected chi connectivity index (χ1v) is 6.81. The molecule has 0 amide bonds. The molecule has 2 aromatic rings. The first-order valence-electron chi connectivity index (χ1n) is 6.02. The fraction of sp³-hybridized carbons (Fsp3) is 0.308. The smallest absolute Gasteiger partial charge is 0.321 e. The lowest BCUT2D eigenvalue weighted by Gasteiger charge is -2.08. The Morgan fingerprint density at radius 1 is 1.26 bits per heavy atom. The molecule has 2 rings (SSSR count). The molecule has 1 atom stereocenters. The van der Waals surface area contributed by atoms with Gasteiger partial charge in [-0.2, -0.15) is 0 Å². The Labute approximate surface area is 120 Å². The minimum atomic E-state index is 0.143. The lowest BCUT2D eigenvalue weighted by Crippen LogP contribution is -2.21. The normalized spacial score (nSPS) is 12.2. The molecule has 2 aromatic heterocycles. The Morgan fingerprint density at radius 2 is 2.00 bits per heavy atom. The summed E-state index contributed by atoms with van der Waals surface area (Å²) in [4.78, 5) is 12.3. The van der Waals surface area contributed by atoms with E-state index in [1.54, 1.807) is 30.9 Å². The van der Waals surface area contributed by atoms with Gasteiger partial charge in [-0.25, -0.2) is 9.97 Å². The number of nitrogens with two attached hydrogens (primary N) is 1. The number of aromatic nitrogens is 3. The van der Waals surface area contributed by atoms with Gasteiger partial charge in [0.2, 0.25) is 0 Å². The summed E-state index contributed by atoms with van der Waals surface area (Å²) in [5.74, 6) is 0.590. The van der Waals surface area contributed by atoms with E-state index in [-0.39, 0.29) is 6.04 Å². The van der Waals surface area contributed by atoms with Crippen molar-refractivity contribution in [3.05, 3.63) is 40.9 Å². The van der Waals surface area contributed by atoms with Gasteiger partial charge in [0.15, 0.2) is 5.75 Å². The van der Waals surface area contributed by atoms with Crippen LogP contribution in [0.1, 0.15) is 18.9 Å². The fourth-order valence-corrected chi connectivity index (χ4v) is 1.85. The van der Waals surface area contributed by atoms with Gasteiger partial charge in [0.05, 0.1) is 6.20 Å². The van der Waals surface area contributed by atoms with Crippen molar-refractivity contribution in [3.8, 4) is 11.8 Å². The van der Waals surface area contributed by atoms with Gasteiger partial charge in [0.25, 0.3) is 0 Å². The van der Waals surface area contributed by atoms with Crippen LogP contribution in [0, 0.1) is 0 Å².